The van der Waals surface area contributed by atoms with Gasteiger partial charge in [0.1, 0.15) is 11.4 Å². The van der Waals surface area contributed by atoms with Crippen molar-refractivity contribution in [2.75, 3.05) is 11.4 Å². The van der Waals surface area contributed by atoms with E-state index in [-0.39, 0.29) is 10.8 Å². The van der Waals surface area contributed by atoms with Gasteiger partial charge in [-0.05, 0) is 23.1 Å². The fourth-order valence-corrected chi connectivity index (χ4v) is 3.01. The van der Waals surface area contributed by atoms with Crippen molar-refractivity contribution in [2.24, 2.45) is 12.5 Å². The molecule has 0 aliphatic carbocycles. The van der Waals surface area contributed by atoms with Gasteiger partial charge in [-0.3, -0.25) is 14.4 Å². The summed E-state index contributed by atoms with van der Waals surface area (Å²) >= 11 is 0. The number of aromatic nitrogens is 4. The third kappa shape index (κ3) is 5.10. The highest BCUT2D eigenvalue weighted by Gasteiger charge is 2.22. The summed E-state index contributed by atoms with van der Waals surface area (Å²) in [4.78, 5) is 25.4. The van der Waals surface area contributed by atoms with Crippen molar-refractivity contribution in [3.05, 3.63) is 70.4 Å². The van der Waals surface area contributed by atoms with Crippen LogP contribution in [0.15, 0.2) is 53.7 Å². The van der Waals surface area contributed by atoms with Gasteiger partial charge in [-0.25, -0.2) is 9.48 Å². The molecule has 29 heavy (non-hydrogen) atoms. The van der Waals surface area contributed by atoms with Crippen LogP contribution in [0, 0.1) is 5.41 Å². The molecule has 0 atom stereocenters. The Bertz CT molecular complexity index is 1080. The number of amides is 1. The minimum absolute atomic E-state index is 0.166. The zero-order valence-electron chi connectivity index (χ0n) is 17.0. The second-order valence-corrected chi connectivity index (χ2v) is 8.22. The number of nitrogens with zero attached hydrogens (tertiary/aromatic N) is 5. The van der Waals surface area contributed by atoms with E-state index < -0.39 is 6.09 Å². The lowest BCUT2D eigenvalue weighted by atomic mass is 9.95. The number of anilines is 1. The maximum Gasteiger partial charge on any atom is 0.411 e. The van der Waals surface area contributed by atoms with Gasteiger partial charge in [-0.2, -0.15) is 10.2 Å². The lowest BCUT2D eigenvalue weighted by molar-refractivity contribution is 0.198. The van der Waals surface area contributed by atoms with E-state index in [4.69, 9.17) is 0 Å². The highest BCUT2D eigenvalue weighted by Crippen LogP contribution is 2.23. The Labute approximate surface area is 169 Å². The van der Waals surface area contributed by atoms with E-state index in [1.807, 2.05) is 33.9 Å². The Morgan fingerprint density at radius 3 is 2.62 bits per heavy atom. The molecule has 0 saturated heterocycles. The zero-order chi connectivity index (χ0) is 21.2. The predicted molar refractivity (Wildman–Crippen MR) is 111 cm³/mol. The van der Waals surface area contributed by atoms with Crippen molar-refractivity contribution in [3.8, 4) is 5.69 Å². The molecule has 0 fully saturated rings. The third-order valence-electron chi connectivity index (χ3n) is 4.29. The lowest BCUT2D eigenvalue weighted by Gasteiger charge is -2.28. The van der Waals surface area contributed by atoms with Gasteiger partial charge in [-0.1, -0.05) is 32.9 Å². The van der Waals surface area contributed by atoms with Gasteiger partial charge >= 0.3 is 6.09 Å². The summed E-state index contributed by atoms with van der Waals surface area (Å²) in [6.45, 7) is 6.33. The van der Waals surface area contributed by atoms with E-state index >= 15 is 0 Å². The first-order chi connectivity index (χ1) is 13.6. The summed E-state index contributed by atoms with van der Waals surface area (Å²) in [5.41, 5.74) is 2.17. The Morgan fingerprint density at radius 1 is 1.24 bits per heavy atom. The van der Waals surface area contributed by atoms with E-state index in [2.05, 4.69) is 10.2 Å². The predicted octanol–water partition coefficient (Wildman–Crippen LogP) is 3.09. The number of hydrogen-bond donors (Lipinski definition) is 1. The van der Waals surface area contributed by atoms with Gasteiger partial charge < -0.3 is 5.11 Å². The van der Waals surface area contributed by atoms with Crippen molar-refractivity contribution < 1.29 is 9.90 Å². The fourth-order valence-electron chi connectivity index (χ4n) is 3.01. The molecule has 8 heteroatoms. The summed E-state index contributed by atoms with van der Waals surface area (Å²) in [7, 11) is 1.81. The molecular weight excluding hydrogens is 370 g/mol. The minimum atomic E-state index is -1.01. The van der Waals surface area contributed by atoms with Crippen LogP contribution in [0.2, 0.25) is 0 Å². The molecule has 3 aromatic rings. The first-order valence-electron chi connectivity index (χ1n) is 9.30. The van der Waals surface area contributed by atoms with Gasteiger partial charge in [0.05, 0.1) is 12.4 Å². The van der Waals surface area contributed by atoms with Crippen molar-refractivity contribution in [1.29, 1.82) is 0 Å². The SMILES string of the molecule is Cn1cc(-n2ccc(=O)c(Cc3cccc(N(CC(C)(C)C)C(=O)O)c3)n2)cn1. The summed E-state index contributed by atoms with van der Waals surface area (Å²) in [5, 5.41) is 18.2. The molecule has 0 saturated carbocycles. The standard InChI is InChI=1S/C21H25N5O3/c1-21(2,3)14-25(20(28)29)16-7-5-6-15(10-16)11-18-19(27)8-9-26(23-18)17-12-22-24(4)13-17/h5-10,12-13H,11,14H2,1-4H3,(H,28,29). The highest BCUT2D eigenvalue weighted by atomic mass is 16.4. The highest BCUT2D eigenvalue weighted by molar-refractivity contribution is 5.86. The van der Waals surface area contributed by atoms with E-state index in [1.165, 1.54) is 11.0 Å². The molecular formula is C21H25N5O3. The van der Waals surface area contributed by atoms with Crippen molar-refractivity contribution >= 4 is 11.8 Å². The van der Waals surface area contributed by atoms with E-state index in [0.29, 0.717) is 24.3 Å². The Balaban J connectivity index is 1.90. The number of rotatable bonds is 5. The molecule has 1 amide bonds. The molecule has 1 aromatic carbocycles. The molecule has 0 aliphatic rings. The molecule has 3 rings (SSSR count). The number of carboxylic acid groups (broad SMARTS) is 1. The molecule has 0 unspecified atom stereocenters. The molecule has 1 N–H and O–H groups in total. The average Bonchev–Trinajstić information content (AvgIpc) is 3.07. The number of benzene rings is 1. The first kappa shape index (κ1) is 20.3. The van der Waals surface area contributed by atoms with Gasteiger partial charge in [0.15, 0.2) is 0 Å². The maximum atomic E-state index is 12.3. The van der Waals surface area contributed by atoms with Crippen LogP contribution in [0.25, 0.3) is 5.69 Å². The van der Waals surface area contributed by atoms with Crippen molar-refractivity contribution in [2.45, 2.75) is 27.2 Å². The fraction of sp³-hybridized carbons (Fsp3) is 0.333. The zero-order valence-corrected chi connectivity index (χ0v) is 17.0. The maximum absolute atomic E-state index is 12.3. The van der Waals surface area contributed by atoms with Crippen molar-refractivity contribution in [3.63, 3.8) is 0 Å². The second-order valence-electron chi connectivity index (χ2n) is 8.22. The van der Waals surface area contributed by atoms with Crippen LogP contribution in [-0.4, -0.2) is 37.3 Å². The Hall–Kier alpha value is -3.42. The van der Waals surface area contributed by atoms with Crippen LogP contribution in [-0.2, 0) is 13.5 Å². The number of aryl methyl sites for hydroxylation is 1. The smallest absolute Gasteiger partial charge is 0.411 e. The molecule has 0 aliphatic heterocycles. The summed E-state index contributed by atoms with van der Waals surface area (Å²) in [6.07, 6.45) is 4.37. The van der Waals surface area contributed by atoms with Crippen LogP contribution in [0.3, 0.4) is 0 Å². The second kappa shape index (κ2) is 7.90. The van der Waals surface area contributed by atoms with Gasteiger partial charge in [0.25, 0.3) is 0 Å². The molecule has 2 heterocycles. The van der Waals surface area contributed by atoms with Gasteiger partial charge in [0, 0.05) is 38.0 Å². The first-order valence-corrected chi connectivity index (χ1v) is 9.30. The molecule has 152 valence electrons. The summed E-state index contributed by atoms with van der Waals surface area (Å²) in [6, 6.07) is 8.69. The van der Waals surface area contributed by atoms with Gasteiger partial charge in [-0.15, -0.1) is 0 Å². The quantitative estimate of drug-likeness (QED) is 0.717. The Morgan fingerprint density at radius 2 is 2.00 bits per heavy atom. The van der Waals surface area contributed by atoms with Crippen molar-refractivity contribution in [1.82, 2.24) is 19.6 Å². The number of hydrogen-bond acceptors (Lipinski definition) is 4. The number of carbonyl (C=O) groups is 1. The van der Waals surface area contributed by atoms with Crippen LogP contribution in [0.5, 0.6) is 0 Å². The minimum Gasteiger partial charge on any atom is -0.465 e. The normalized spacial score (nSPS) is 11.4. The lowest BCUT2D eigenvalue weighted by Crippen LogP contribution is -2.36. The molecule has 2 aromatic heterocycles. The third-order valence-corrected chi connectivity index (χ3v) is 4.29. The van der Waals surface area contributed by atoms with E-state index in [0.717, 1.165) is 11.3 Å². The monoisotopic (exact) mass is 395 g/mol. The molecule has 0 spiro atoms. The summed E-state index contributed by atoms with van der Waals surface area (Å²) < 4.78 is 3.27. The van der Waals surface area contributed by atoms with E-state index in [1.54, 1.807) is 46.2 Å². The van der Waals surface area contributed by atoms with Gasteiger partial charge in [0.2, 0.25) is 5.43 Å². The van der Waals surface area contributed by atoms with Crippen LogP contribution < -0.4 is 10.3 Å². The van der Waals surface area contributed by atoms with Crippen LogP contribution in [0.4, 0.5) is 10.5 Å². The van der Waals surface area contributed by atoms with Crippen LogP contribution in [0.1, 0.15) is 32.0 Å². The topological polar surface area (TPSA) is 93.2 Å². The van der Waals surface area contributed by atoms with Crippen LogP contribution >= 0.6 is 0 Å². The van der Waals surface area contributed by atoms with E-state index in [9.17, 15) is 14.7 Å². The average molecular weight is 395 g/mol. The largest absolute Gasteiger partial charge is 0.465 e. The molecule has 0 radical (unpaired) electrons. The molecule has 8 nitrogen and oxygen atoms in total. The Kier molecular flexibility index (Phi) is 5.54. The molecule has 0 bridgehead atoms. The summed E-state index contributed by atoms with van der Waals surface area (Å²) in [5.74, 6) is 0.